The summed E-state index contributed by atoms with van der Waals surface area (Å²) in [5.41, 5.74) is 0. The lowest BCUT2D eigenvalue weighted by Crippen LogP contribution is -1.96. The van der Waals surface area contributed by atoms with Gasteiger partial charge >= 0.3 is 0 Å². The fraction of sp³-hybridized carbons (Fsp3) is 1.00. The maximum atomic E-state index is 9.19. The Labute approximate surface area is 67.1 Å². The number of hydrogen-bond acceptors (Lipinski definition) is 4. The van der Waals surface area contributed by atoms with Crippen LogP contribution in [0.3, 0.4) is 0 Å². The van der Waals surface area contributed by atoms with E-state index in [-0.39, 0.29) is 0 Å². The molecule has 1 N–H and O–H groups in total. The smallest absolute Gasteiger partial charge is 0.261 e. The summed E-state index contributed by atoms with van der Waals surface area (Å²) in [7, 11) is -0.363. The third kappa shape index (κ3) is 75.2. The minimum absolute atomic E-state index is 0.691. The van der Waals surface area contributed by atoms with Gasteiger partial charge in [0.2, 0.25) is 0 Å². The van der Waals surface area contributed by atoms with Crippen LogP contribution in [0.4, 0.5) is 0 Å². The van der Waals surface area contributed by atoms with E-state index in [0.29, 0.717) is 19.5 Å². The van der Waals surface area contributed by atoms with Crippen molar-refractivity contribution in [2.45, 2.75) is 0 Å². The monoisotopic (exact) mass is 186 g/mol. The molecular weight excluding hydrogens is 172 g/mol. The quantitative estimate of drug-likeness (QED) is 0.487. The molecule has 0 aliphatic heterocycles. The molecule has 6 heteroatoms. The lowest BCUT2D eigenvalue weighted by molar-refractivity contribution is 0.103. The minimum Gasteiger partial charge on any atom is -0.382 e. The van der Waals surface area contributed by atoms with E-state index >= 15 is 0 Å². The van der Waals surface area contributed by atoms with Crippen LogP contribution in [-0.4, -0.2) is 46.7 Å². The maximum Gasteiger partial charge on any atom is 0.261 e. The molecule has 0 saturated heterocycles. The predicted octanol–water partition coefficient (Wildman–Crippen LogP) is -0.217. The van der Waals surface area contributed by atoms with Crippen LogP contribution in [0.2, 0.25) is 0 Å². The molecule has 0 heterocycles. The van der Waals surface area contributed by atoms with E-state index in [1.807, 2.05) is 0 Å². The van der Waals surface area contributed by atoms with Crippen molar-refractivity contribution in [1.29, 1.82) is 0 Å². The first-order chi connectivity index (χ1) is 4.91. The Balaban J connectivity index is 0. The first kappa shape index (κ1) is 13.4. The lowest BCUT2D eigenvalue weighted by Gasteiger charge is -1.91. The maximum absolute atomic E-state index is 9.19. The highest BCUT2D eigenvalue weighted by atomic mass is 32.2. The molecule has 0 unspecified atom stereocenters. The molecule has 0 aliphatic carbocycles. The zero-order valence-electron chi connectivity index (χ0n) is 6.90. The van der Waals surface area contributed by atoms with Crippen LogP contribution >= 0.6 is 0 Å². The first-order valence-corrected chi connectivity index (χ1v) is 4.67. The fourth-order valence-corrected chi connectivity index (χ4v) is 0.167. The fourth-order valence-electron chi connectivity index (χ4n) is 0.167. The Morgan fingerprint density at radius 3 is 1.45 bits per heavy atom. The molecule has 0 bridgehead atoms. The molecule has 0 spiro atoms. The first-order valence-electron chi connectivity index (χ1n) is 2.82. The van der Waals surface area contributed by atoms with Gasteiger partial charge in [-0.2, -0.15) is 8.42 Å². The Hall–Kier alpha value is -0.170. The largest absolute Gasteiger partial charge is 0.382 e. The second-order valence-corrected chi connectivity index (χ2v) is 3.18. The van der Waals surface area contributed by atoms with Crippen LogP contribution in [0.1, 0.15) is 0 Å². The summed E-state index contributed by atoms with van der Waals surface area (Å²) in [5, 5.41) is 0. The summed E-state index contributed by atoms with van der Waals surface area (Å²) in [6.45, 7) is 1.38. The van der Waals surface area contributed by atoms with Gasteiger partial charge in [-0.1, -0.05) is 0 Å². The molecule has 0 aromatic heterocycles. The van der Waals surface area contributed by atoms with Gasteiger partial charge in [-0.25, -0.2) is 0 Å². The van der Waals surface area contributed by atoms with E-state index in [1.54, 1.807) is 14.2 Å². The molecule has 11 heavy (non-hydrogen) atoms. The van der Waals surface area contributed by atoms with Crippen LogP contribution in [0.25, 0.3) is 0 Å². The highest BCUT2D eigenvalue weighted by Crippen LogP contribution is 1.65. The number of methoxy groups -OCH3 is 2. The van der Waals surface area contributed by atoms with Crippen molar-refractivity contribution in [2.75, 3.05) is 33.7 Å². The Morgan fingerprint density at radius 1 is 1.18 bits per heavy atom. The molecule has 0 fully saturated rings. The van der Waals surface area contributed by atoms with Crippen LogP contribution in [0.5, 0.6) is 0 Å². The van der Waals surface area contributed by atoms with Gasteiger partial charge in [0, 0.05) is 14.2 Å². The minimum atomic E-state index is -3.67. The number of hydrogen-bond donors (Lipinski definition) is 1. The van der Waals surface area contributed by atoms with Gasteiger partial charge in [-0.05, 0) is 0 Å². The SMILES string of the molecule is COCCOC.CS(=O)(=O)O. The van der Waals surface area contributed by atoms with E-state index < -0.39 is 10.1 Å². The average Bonchev–Trinajstić information content (AvgIpc) is 1.79. The molecule has 0 radical (unpaired) electrons. The molecule has 5 nitrogen and oxygen atoms in total. The van der Waals surface area contributed by atoms with Gasteiger partial charge in [-0.15, -0.1) is 0 Å². The summed E-state index contributed by atoms with van der Waals surface area (Å²) in [6.07, 6.45) is 0.715. The van der Waals surface area contributed by atoms with Gasteiger partial charge in [0.25, 0.3) is 10.1 Å². The van der Waals surface area contributed by atoms with Crippen molar-refractivity contribution < 1.29 is 22.4 Å². The lowest BCUT2D eigenvalue weighted by atomic mass is 10.8. The zero-order valence-corrected chi connectivity index (χ0v) is 7.72. The summed E-state index contributed by atoms with van der Waals surface area (Å²) in [6, 6.07) is 0. The second kappa shape index (κ2) is 7.93. The summed E-state index contributed by atoms with van der Waals surface area (Å²) in [4.78, 5) is 0. The van der Waals surface area contributed by atoms with E-state index in [2.05, 4.69) is 9.47 Å². The Bertz CT molecular complexity index is 138. The zero-order chi connectivity index (χ0) is 9.33. The van der Waals surface area contributed by atoms with E-state index in [0.717, 1.165) is 0 Å². The number of rotatable bonds is 3. The van der Waals surface area contributed by atoms with Crippen molar-refractivity contribution in [1.82, 2.24) is 0 Å². The Morgan fingerprint density at radius 2 is 1.36 bits per heavy atom. The molecule has 0 atom stereocenters. The van der Waals surface area contributed by atoms with Crippen LogP contribution in [0, 0.1) is 0 Å². The van der Waals surface area contributed by atoms with Crippen LogP contribution in [-0.2, 0) is 19.6 Å². The molecule has 0 amide bonds. The van der Waals surface area contributed by atoms with E-state index in [1.165, 1.54) is 0 Å². The molecule has 70 valence electrons. The Kier molecular flexibility index (Phi) is 9.68. The van der Waals surface area contributed by atoms with Gasteiger partial charge in [0.15, 0.2) is 0 Å². The van der Waals surface area contributed by atoms with Crippen molar-refractivity contribution >= 4 is 10.1 Å². The van der Waals surface area contributed by atoms with Crippen LogP contribution < -0.4 is 0 Å². The third-order valence-corrected chi connectivity index (χ3v) is 0.492. The number of ether oxygens (including phenoxy) is 2. The van der Waals surface area contributed by atoms with Gasteiger partial charge < -0.3 is 9.47 Å². The highest BCUT2D eigenvalue weighted by molar-refractivity contribution is 7.85. The molecular formula is C5H14O5S. The summed E-state index contributed by atoms with van der Waals surface area (Å²) in [5.74, 6) is 0. The second-order valence-electron chi connectivity index (χ2n) is 1.72. The summed E-state index contributed by atoms with van der Waals surface area (Å²) >= 11 is 0. The highest BCUT2D eigenvalue weighted by Gasteiger charge is 1.81. The van der Waals surface area contributed by atoms with Crippen molar-refractivity contribution in [3.63, 3.8) is 0 Å². The standard InChI is InChI=1S/C4H10O2.CH4O3S/c1-5-3-4-6-2;1-5(2,3)4/h3-4H2,1-2H3;1H3,(H,2,3,4). The topological polar surface area (TPSA) is 72.8 Å². The molecule has 0 saturated carbocycles. The van der Waals surface area contributed by atoms with E-state index in [4.69, 9.17) is 4.55 Å². The molecule has 0 aromatic rings. The third-order valence-electron chi connectivity index (χ3n) is 0.492. The normalized spacial score (nSPS) is 10.2. The van der Waals surface area contributed by atoms with Gasteiger partial charge in [-0.3, -0.25) is 4.55 Å². The van der Waals surface area contributed by atoms with Gasteiger partial charge in [0.05, 0.1) is 19.5 Å². The average molecular weight is 186 g/mol. The van der Waals surface area contributed by atoms with Crippen LogP contribution in [0.15, 0.2) is 0 Å². The van der Waals surface area contributed by atoms with Crippen molar-refractivity contribution in [3.05, 3.63) is 0 Å². The summed E-state index contributed by atoms with van der Waals surface area (Å²) < 4.78 is 35.2. The van der Waals surface area contributed by atoms with Crippen molar-refractivity contribution in [2.24, 2.45) is 0 Å². The molecule has 0 rings (SSSR count). The van der Waals surface area contributed by atoms with Gasteiger partial charge in [0.1, 0.15) is 0 Å². The van der Waals surface area contributed by atoms with Crippen molar-refractivity contribution in [3.8, 4) is 0 Å². The van der Waals surface area contributed by atoms with E-state index in [9.17, 15) is 8.42 Å². The predicted molar refractivity (Wildman–Crippen MR) is 41.2 cm³/mol. The molecule has 0 aliphatic rings. The molecule has 0 aromatic carbocycles.